The minimum absolute atomic E-state index is 0.109. The summed E-state index contributed by atoms with van der Waals surface area (Å²) in [5.74, 6) is -0.898. The van der Waals surface area contributed by atoms with Crippen molar-refractivity contribution in [3.63, 3.8) is 0 Å². The molecule has 2 aromatic carbocycles. The molecule has 4 nitrogen and oxygen atoms in total. The molecule has 1 N–H and O–H groups in total. The molecule has 0 spiro atoms. The van der Waals surface area contributed by atoms with Gasteiger partial charge in [0.15, 0.2) is 0 Å². The molecule has 1 aliphatic rings. The molecule has 2 aromatic rings. The van der Waals surface area contributed by atoms with Gasteiger partial charge in [0.2, 0.25) is 11.8 Å². The average Bonchev–Trinajstić information content (AvgIpc) is 2.97. The third-order valence-electron chi connectivity index (χ3n) is 4.59. The zero-order chi connectivity index (χ0) is 17.1. The molecule has 3 rings (SSSR count). The fraction of sp³-hybridized carbons (Fsp3) is 0.300. The highest BCUT2D eigenvalue weighted by Gasteiger charge is 2.38. The topological polar surface area (TPSA) is 49.4 Å². The number of anilines is 1. The van der Waals surface area contributed by atoms with Crippen molar-refractivity contribution in [2.75, 3.05) is 11.4 Å². The summed E-state index contributed by atoms with van der Waals surface area (Å²) >= 11 is 0. The maximum atomic E-state index is 12.7. The summed E-state index contributed by atoms with van der Waals surface area (Å²) in [7, 11) is 0. The number of aryl methyl sites for hydroxylation is 1. The van der Waals surface area contributed by atoms with Crippen molar-refractivity contribution in [1.82, 2.24) is 5.32 Å². The van der Waals surface area contributed by atoms with Crippen molar-refractivity contribution >= 4 is 17.5 Å². The fourth-order valence-corrected chi connectivity index (χ4v) is 3.17. The molecule has 124 valence electrons. The van der Waals surface area contributed by atoms with Crippen molar-refractivity contribution in [1.29, 1.82) is 0 Å². The maximum absolute atomic E-state index is 12.7. The Morgan fingerprint density at radius 2 is 1.79 bits per heavy atom. The quantitative estimate of drug-likeness (QED) is 0.879. The smallest absolute Gasteiger partial charge is 0.239 e. The monoisotopic (exact) mass is 322 g/mol. The molecule has 1 aliphatic heterocycles. The first-order valence-corrected chi connectivity index (χ1v) is 8.30. The molecule has 24 heavy (non-hydrogen) atoms. The van der Waals surface area contributed by atoms with Crippen LogP contribution < -0.4 is 10.2 Å². The molecule has 4 heteroatoms. The molecule has 1 heterocycles. The predicted molar refractivity (Wildman–Crippen MR) is 94.6 cm³/mol. The molecule has 0 bridgehead atoms. The Balaban J connectivity index is 1.69. The summed E-state index contributed by atoms with van der Waals surface area (Å²) in [5, 5.41) is 2.97. The van der Waals surface area contributed by atoms with Gasteiger partial charge >= 0.3 is 0 Å². The highest BCUT2D eigenvalue weighted by atomic mass is 16.2. The minimum Gasteiger partial charge on any atom is -0.349 e. The van der Waals surface area contributed by atoms with Gasteiger partial charge in [-0.05, 0) is 37.5 Å². The number of rotatable bonds is 4. The van der Waals surface area contributed by atoms with Gasteiger partial charge in [0.25, 0.3) is 0 Å². The second kappa shape index (κ2) is 6.87. The normalized spacial score (nSPS) is 18.5. The Labute approximate surface area is 142 Å². The molecule has 1 fully saturated rings. The van der Waals surface area contributed by atoms with E-state index in [4.69, 9.17) is 0 Å². The van der Waals surface area contributed by atoms with Crippen LogP contribution in [0.3, 0.4) is 0 Å². The average molecular weight is 322 g/mol. The van der Waals surface area contributed by atoms with Crippen LogP contribution >= 0.6 is 0 Å². The Morgan fingerprint density at radius 3 is 2.50 bits per heavy atom. The van der Waals surface area contributed by atoms with Gasteiger partial charge in [-0.15, -0.1) is 0 Å². The van der Waals surface area contributed by atoms with Crippen LogP contribution in [-0.2, 0) is 9.59 Å². The molecular weight excluding hydrogens is 300 g/mol. The van der Waals surface area contributed by atoms with Crippen LogP contribution in [0.5, 0.6) is 0 Å². The lowest BCUT2D eigenvalue weighted by atomic mass is 10.0. The van der Waals surface area contributed by atoms with Gasteiger partial charge in [-0.3, -0.25) is 9.59 Å². The Morgan fingerprint density at radius 1 is 1.12 bits per heavy atom. The third-order valence-corrected chi connectivity index (χ3v) is 4.59. The predicted octanol–water partition coefficient (Wildman–Crippen LogP) is 3.23. The first-order chi connectivity index (χ1) is 11.6. The molecule has 0 saturated carbocycles. The van der Waals surface area contributed by atoms with Crippen LogP contribution in [0.2, 0.25) is 0 Å². The van der Waals surface area contributed by atoms with Gasteiger partial charge in [0, 0.05) is 12.2 Å². The Kier molecular flexibility index (Phi) is 4.65. The number of carbonyl (C=O) groups is 2. The lowest BCUT2D eigenvalue weighted by molar-refractivity contribution is -0.132. The molecule has 0 radical (unpaired) electrons. The fourth-order valence-electron chi connectivity index (χ4n) is 3.17. The van der Waals surface area contributed by atoms with Crippen LogP contribution in [0.1, 0.15) is 30.5 Å². The lowest BCUT2D eigenvalue weighted by Gasteiger charge is -2.20. The number of para-hydroxylation sites is 1. The van der Waals surface area contributed by atoms with E-state index in [-0.39, 0.29) is 17.9 Å². The van der Waals surface area contributed by atoms with E-state index < -0.39 is 5.92 Å². The summed E-state index contributed by atoms with van der Waals surface area (Å²) < 4.78 is 0. The largest absolute Gasteiger partial charge is 0.349 e. The number of carbonyl (C=O) groups excluding carboxylic acids is 2. The Hall–Kier alpha value is -2.62. The van der Waals surface area contributed by atoms with Crippen LogP contribution in [0.15, 0.2) is 54.6 Å². The summed E-state index contributed by atoms with van der Waals surface area (Å²) in [6, 6.07) is 17.4. The summed E-state index contributed by atoms with van der Waals surface area (Å²) in [5.41, 5.74) is 2.98. The van der Waals surface area contributed by atoms with Crippen molar-refractivity contribution < 1.29 is 9.59 Å². The number of hydrogen-bond donors (Lipinski definition) is 1. The molecule has 1 saturated heterocycles. The van der Waals surface area contributed by atoms with Crippen molar-refractivity contribution in [2.45, 2.75) is 26.3 Å². The van der Waals surface area contributed by atoms with Gasteiger partial charge in [-0.2, -0.15) is 0 Å². The first kappa shape index (κ1) is 16.2. The van der Waals surface area contributed by atoms with Crippen molar-refractivity contribution in [3.05, 3.63) is 65.7 Å². The van der Waals surface area contributed by atoms with Gasteiger partial charge in [-0.25, -0.2) is 0 Å². The minimum atomic E-state index is -0.601. The lowest BCUT2D eigenvalue weighted by Crippen LogP contribution is -2.38. The molecule has 0 aliphatic carbocycles. The number of nitrogens with one attached hydrogen (secondary N) is 1. The second-order valence-corrected chi connectivity index (χ2v) is 6.26. The van der Waals surface area contributed by atoms with Gasteiger partial charge < -0.3 is 10.2 Å². The zero-order valence-corrected chi connectivity index (χ0v) is 14.0. The highest BCUT2D eigenvalue weighted by molar-refractivity contribution is 6.10. The number of nitrogens with zero attached hydrogens (tertiary/aromatic N) is 1. The van der Waals surface area contributed by atoms with Crippen molar-refractivity contribution in [2.24, 2.45) is 5.92 Å². The second-order valence-electron chi connectivity index (χ2n) is 6.26. The number of benzene rings is 2. The zero-order valence-electron chi connectivity index (χ0n) is 14.0. The van der Waals surface area contributed by atoms with Crippen LogP contribution in [-0.4, -0.2) is 18.4 Å². The van der Waals surface area contributed by atoms with E-state index >= 15 is 0 Å². The van der Waals surface area contributed by atoms with Gasteiger partial charge in [0.05, 0.1) is 6.04 Å². The van der Waals surface area contributed by atoms with Crippen LogP contribution in [0.4, 0.5) is 5.69 Å². The molecule has 2 atom stereocenters. The van der Waals surface area contributed by atoms with E-state index in [0.717, 1.165) is 16.8 Å². The SMILES string of the molecule is Cc1ccccc1N1CC[C@@H](C(=O)N[C@H](C)c2ccccc2)C1=O. The van der Waals surface area contributed by atoms with E-state index in [0.29, 0.717) is 13.0 Å². The molecule has 0 unspecified atom stereocenters. The van der Waals surface area contributed by atoms with Crippen molar-refractivity contribution in [3.8, 4) is 0 Å². The van der Waals surface area contributed by atoms with Crippen LogP contribution in [0, 0.1) is 12.8 Å². The van der Waals surface area contributed by atoms with E-state index in [9.17, 15) is 9.59 Å². The third kappa shape index (κ3) is 3.18. The highest BCUT2D eigenvalue weighted by Crippen LogP contribution is 2.28. The van der Waals surface area contributed by atoms with E-state index in [1.807, 2.05) is 68.4 Å². The summed E-state index contributed by atoms with van der Waals surface area (Å²) in [4.78, 5) is 27.0. The molecule has 0 aromatic heterocycles. The van der Waals surface area contributed by atoms with Gasteiger partial charge in [0.1, 0.15) is 5.92 Å². The van der Waals surface area contributed by atoms with Crippen LogP contribution in [0.25, 0.3) is 0 Å². The summed E-state index contributed by atoms with van der Waals surface area (Å²) in [6.45, 7) is 4.50. The Bertz CT molecular complexity index is 742. The number of hydrogen-bond acceptors (Lipinski definition) is 2. The first-order valence-electron chi connectivity index (χ1n) is 8.30. The number of amides is 2. The maximum Gasteiger partial charge on any atom is 0.239 e. The summed E-state index contributed by atoms with van der Waals surface area (Å²) in [6.07, 6.45) is 0.556. The van der Waals surface area contributed by atoms with Gasteiger partial charge in [-0.1, -0.05) is 48.5 Å². The molecular formula is C20H22N2O2. The van der Waals surface area contributed by atoms with E-state index in [1.54, 1.807) is 4.90 Å². The standard InChI is InChI=1S/C20H22N2O2/c1-14-8-6-7-11-18(14)22-13-12-17(20(22)24)19(23)21-15(2)16-9-4-3-5-10-16/h3-11,15,17H,12-13H2,1-2H3,(H,21,23)/t15-,17+/m1/s1. The molecule has 2 amide bonds. The van der Waals surface area contributed by atoms with E-state index in [1.165, 1.54) is 0 Å². The van der Waals surface area contributed by atoms with E-state index in [2.05, 4.69) is 5.32 Å².